The highest BCUT2D eigenvalue weighted by atomic mass is 16.5. The van der Waals surface area contributed by atoms with Crippen molar-refractivity contribution in [2.45, 2.75) is 47.5 Å². The number of hydrogen-bond donors (Lipinski definition) is 1. The van der Waals surface area contributed by atoms with Gasteiger partial charge in [-0.3, -0.25) is 4.79 Å². The van der Waals surface area contributed by atoms with Gasteiger partial charge in [0.25, 0.3) is 5.91 Å². The minimum absolute atomic E-state index is 0.202. The molecule has 0 aliphatic rings. The fourth-order valence-electron chi connectivity index (χ4n) is 3.04. The molecule has 140 valence electrons. The third kappa shape index (κ3) is 4.05. The van der Waals surface area contributed by atoms with Gasteiger partial charge in [-0.25, -0.2) is 4.98 Å². The van der Waals surface area contributed by atoms with Crippen molar-refractivity contribution in [1.29, 1.82) is 0 Å². The van der Waals surface area contributed by atoms with Crippen LogP contribution in [-0.4, -0.2) is 21.0 Å². The number of carbonyl (C=O) groups excluding carboxylic acids is 1. The number of rotatable bonds is 5. The Kier molecular flexibility index (Phi) is 5.35. The molecule has 0 bridgehead atoms. The number of carbonyl (C=O) groups is 1. The number of amides is 1. The van der Waals surface area contributed by atoms with Gasteiger partial charge in [0.2, 0.25) is 11.7 Å². The molecule has 3 aromatic rings. The molecule has 0 aliphatic carbocycles. The molecule has 1 aromatic carbocycles. The van der Waals surface area contributed by atoms with Crippen LogP contribution in [0.2, 0.25) is 0 Å². The molecule has 2 heterocycles. The molecule has 0 atom stereocenters. The number of aromatic nitrogens is 3. The lowest BCUT2D eigenvalue weighted by molar-refractivity contribution is 0.102. The van der Waals surface area contributed by atoms with Crippen LogP contribution in [0.5, 0.6) is 0 Å². The van der Waals surface area contributed by atoms with Crippen LogP contribution in [0.3, 0.4) is 0 Å². The quantitative estimate of drug-likeness (QED) is 0.717. The fraction of sp³-hybridized carbons (Fsp3) is 0.333. The molecule has 6 heteroatoms. The number of nitrogens with zero attached hydrogens (tertiary/aromatic N) is 3. The summed E-state index contributed by atoms with van der Waals surface area (Å²) < 4.78 is 5.32. The number of benzene rings is 1. The Labute approximate surface area is 159 Å². The van der Waals surface area contributed by atoms with Crippen molar-refractivity contribution < 1.29 is 9.32 Å². The van der Waals surface area contributed by atoms with E-state index in [-0.39, 0.29) is 5.91 Å². The molecule has 0 saturated carbocycles. The van der Waals surface area contributed by atoms with Crippen LogP contribution in [0.4, 0.5) is 5.82 Å². The van der Waals surface area contributed by atoms with E-state index >= 15 is 0 Å². The van der Waals surface area contributed by atoms with Crippen LogP contribution in [0, 0.1) is 27.7 Å². The zero-order valence-corrected chi connectivity index (χ0v) is 16.4. The molecule has 3 rings (SSSR count). The zero-order chi connectivity index (χ0) is 19.6. The molecule has 2 aromatic heterocycles. The molecule has 1 amide bonds. The van der Waals surface area contributed by atoms with E-state index in [2.05, 4.69) is 27.4 Å². The average Bonchev–Trinajstić information content (AvgIpc) is 3.05. The highest BCUT2D eigenvalue weighted by Gasteiger charge is 2.20. The van der Waals surface area contributed by atoms with Gasteiger partial charge in [-0.1, -0.05) is 29.8 Å². The van der Waals surface area contributed by atoms with Crippen LogP contribution in [0.1, 0.15) is 52.0 Å². The van der Waals surface area contributed by atoms with Crippen LogP contribution >= 0.6 is 0 Å². The Morgan fingerprint density at radius 2 is 1.85 bits per heavy atom. The van der Waals surface area contributed by atoms with E-state index < -0.39 is 0 Å². The number of nitrogens with one attached hydrogen (secondary N) is 1. The molecule has 0 spiro atoms. The number of pyridine rings is 1. The predicted molar refractivity (Wildman–Crippen MR) is 105 cm³/mol. The van der Waals surface area contributed by atoms with E-state index in [1.165, 1.54) is 0 Å². The Bertz CT molecular complexity index is 992. The summed E-state index contributed by atoms with van der Waals surface area (Å²) in [4.78, 5) is 21.9. The third-order valence-corrected chi connectivity index (χ3v) is 4.37. The van der Waals surface area contributed by atoms with Gasteiger partial charge in [-0.05, 0) is 57.4 Å². The summed E-state index contributed by atoms with van der Waals surface area (Å²) in [6.45, 7) is 9.78. The van der Waals surface area contributed by atoms with E-state index in [0.29, 0.717) is 28.7 Å². The van der Waals surface area contributed by atoms with Gasteiger partial charge in [0.05, 0.1) is 5.56 Å². The van der Waals surface area contributed by atoms with Crippen molar-refractivity contribution in [2.24, 2.45) is 0 Å². The van der Waals surface area contributed by atoms with E-state index in [0.717, 1.165) is 35.2 Å². The largest absolute Gasteiger partial charge is 0.339 e. The lowest BCUT2D eigenvalue weighted by Gasteiger charge is -2.13. The molecule has 27 heavy (non-hydrogen) atoms. The van der Waals surface area contributed by atoms with E-state index in [1.807, 2.05) is 52.0 Å². The lowest BCUT2D eigenvalue weighted by Crippen LogP contribution is -2.16. The van der Waals surface area contributed by atoms with Crippen molar-refractivity contribution >= 4 is 11.7 Å². The van der Waals surface area contributed by atoms with Gasteiger partial charge in [-0.15, -0.1) is 0 Å². The maximum absolute atomic E-state index is 12.9. The normalized spacial score (nSPS) is 10.9. The van der Waals surface area contributed by atoms with Crippen molar-refractivity contribution in [3.05, 3.63) is 58.1 Å². The van der Waals surface area contributed by atoms with Crippen molar-refractivity contribution in [3.63, 3.8) is 0 Å². The Hall–Kier alpha value is -3.02. The van der Waals surface area contributed by atoms with Crippen LogP contribution in [-0.2, 0) is 6.42 Å². The zero-order valence-electron chi connectivity index (χ0n) is 16.4. The van der Waals surface area contributed by atoms with E-state index in [4.69, 9.17) is 4.52 Å². The van der Waals surface area contributed by atoms with Gasteiger partial charge in [0.15, 0.2) is 0 Å². The lowest BCUT2D eigenvalue weighted by atomic mass is 10.0. The van der Waals surface area contributed by atoms with Gasteiger partial charge in [0, 0.05) is 17.7 Å². The Balaban J connectivity index is 2.01. The van der Waals surface area contributed by atoms with Crippen molar-refractivity contribution in [1.82, 2.24) is 15.1 Å². The number of hydrogen-bond acceptors (Lipinski definition) is 5. The number of anilines is 1. The summed E-state index contributed by atoms with van der Waals surface area (Å²) in [6.07, 6.45) is 1.64. The van der Waals surface area contributed by atoms with Crippen molar-refractivity contribution in [3.8, 4) is 11.4 Å². The Morgan fingerprint density at radius 1 is 1.07 bits per heavy atom. The molecule has 0 fully saturated rings. The van der Waals surface area contributed by atoms with Gasteiger partial charge >= 0.3 is 0 Å². The van der Waals surface area contributed by atoms with Gasteiger partial charge in [-0.2, -0.15) is 4.98 Å². The molecule has 6 nitrogen and oxygen atoms in total. The highest BCUT2D eigenvalue weighted by Crippen LogP contribution is 2.29. The molecule has 0 aliphatic heterocycles. The highest BCUT2D eigenvalue weighted by molar-refractivity contribution is 6.06. The SMILES string of the molecule is CCCc1nc(-c2c(C)cc(C)nc2NC(=O)c2cc(C)ccc2C)no1. The summed E-state index contributed by atoms with van der Waals surface area (Å²) in [7, 11) is 0. The third-order valence-electron chi connectivity index (χ3n) is 4.37. The summed E-state index contributed by atoms with van der Waals surface area (Å²) in [5.74, 6) is 1.27. The molecule has 1 N–H and O–H groups in total. The molecular weight excluding hydrogens is 340 g/mol. The molecular formula is C21H24N4O2. The summed E-state index contributed by atoms with van der Waals surface area (Å²) in [5, 5.41) is 7.04. The standard InChI is InChI=1S/C21H24N4O2/c1-6-7-17-23-20(25-27-17)18-14(4)11-15(5)22-19(18)24-21(26)16-10-12(2)8-9-13(16)3/h8-11H,6-7H2,1-5H3,(H,22,24,26). The Morgan fingerprint density at radius 3 is 2.59 bits per heavy atom. The van der Waals surface area contributed by atoms with Crippen LogP contribution in [0.25, 0.3) is 11.4 Å². The van der Waals surface area contributed by atoms with Crippen LogP contribution in [0.15, 0.2) is 28.8 Å². The number of aryl methyl sites for hydroxylation is 5. The second-order valence-electron chi connectivity index (χ2n) is 6.84. The summed E-state index contributed by atoms with van der Waals surface area (Å²) in [6, 6.07) is 7.75. The smallest absolute Gasteiger partial charge is 0.257 e. The minimum atomic E-state index is -0.202. The molecule has 0 unspecified atom stereocenters. The van der Waals surface area contributed by atoms with E-state index in [9.17, 15) is 4.79 Å². The van der Waals surface area contributed by atoms with Crippen molar-refractivity contribution in [2.75, 3.05) is 5.32 Å². The summed E-state index contributed by atoms with van der Waals surface area (Å²) in [5.41, 5.74) is 5.00. The second-order valence-corrected chi connectivity index (χ2v) is 6.84. The first-order valence-corrected chi connectivity index (χ1v) is 9.08. The summed E-state index contributed by atoms with van der Waals surface area (Å²) >= 11 is 0. The maximum Gasteiger partial charge on any atom is 0.257 e. The maximum atomic E-state index is 12.9. The first-order chi connectivity index (χ1) is 12.9. The van der Waals surface area contributed by atoms with Crippen LogP contribution < -0.4 is 5.32 Å². The van der Waals surface area contributed by atoms with E-state index in [1.54, 1.807) is 0 Å². The first-order valence-electron chi connectivity index (χ1n) is 9.08. The fourth-order valence-corrected chi connectivity index (χ4v) is 3.04. The van der Waals surface area contributed by atoms with Gasteiger partial charge in [0.1, 0.15) is 5.82 Å². The second kappa shape index (κ2) is 7.70. The minimum Gasteiger partial charge on any atom is -0.339 e. The monoisotopic (exact) mass is 364 g/mol. The predicted octanol–water partition coefficient (Wildman–Crippen LogP) is 4.57. The molecule has 0 saturated heterocycles. The molecule has 0 radical (unpaired) electrons. The van der Waals surface area contributed by atoms with Gasteiger partial charge < -0.3 is 9.84 Å². The topological polar surface area (TPSA) is 80.9 Å². The first kappa shape index (κ1) is 18.8. The average molecular weight is 364 g/mol.